The van der Waals surface area contributed by atoms with Crippen LogP contribution in [-0.4, -0.2) is 42.9 Å². The zero-order chi connectivity index (χ0) is 24.8. The predicted molar refractivity (Wildman–Crippen MR) is 131 cm³/mol. The first-order valence-corrected chi connectivity index (χ1v) is 12.6. The Morgan fingerprint density at radius 2 is 1.83 bits per heavy atom. The molecular weight excluding hydrogens is 468 g/mol. The lowest BCUT2D eigenvalue weighted by Gasteiger charge is -2.23. The maximum atomic E-state index is 12.9. The van der Waals surface area contributed by atoms with Gasteiger partial charge in [0, 0.05) is 18.4 Å². The van der Waals surface area contributed by atoms with E-state index in [0.29, 0.717) is 25.1 Å². The van der Waals surface area contributed by atoms with Crippen molar-refractivity contribution < 1.29 is 22.7 Å². The third-order valence-electron chi connectivity index (χ3n) is 5.58. The molecule has 2 amide bonds. The molecule has 2 aromatic carbocycles. The minimum absolute atomic E-state index is 0.0331. The fraction of sp³-hybridized carbons (Fsp3) is 0.240. The van der Waals surface area contributed by atoms with Gasteiger partial charge in [-0.1, -0.05) is 30.3 Å². The van der Waals surface area contributed by atoms with E-state index in [0.717, 1.165) is 11.1 Å². The lowest BCUT2D eigenvalue weighted by atomic mass is 10.2. The number of anilines is 2. The van der Waals surface area contributed by atoms with Gasteiger partial charge in [-0.3, -0.25) is 14.4 Å². The van der Waals surface area contributed by atoms with Gasteiger partial charge in [0.05, 0.1) is 4.90 Å². The third kappa shape index (κ3) is 6.15. The smallest absolute Gasteiger partial charge is 0.410 e. The van der Waals surface area contributed by atoms with E-state index in [9.17, 15) is 18.0 Å². The molecule has 0 radical (unpaired) electrons. The van der Waals surface area contributed by atoms with Gasteiger partial charge in [0.2, 0.25) is 5.91 Å². The fourth-order valence-corrected chi connectivity index (χ4v) is 4.79. The van der Waals surface area contributed by atoms with Crippen LogP contribution in [-0.2, 0) is 26.2 Å². The predicted octanol–water partition coefficient (Wildman–Crippen LogP) is 3.93. The van der Waals surface area contributed by atoms with Crippen molar-refractivity contribution in [2.24, 2.45) is 0 Å². The van der Waals surface area contributed by atoms with Gasteiger partial charge in [0.25, 0.3) is 10.0 Å². The Balaban J connectivity index is 1.36. The molecule has 1 aliphatic heterocycles. The molecule has 4 rings (SSSR count). The molecule has 0 bridgehead atoms. The summed E-state index contributed by atoms with van der Waals surface area (Å²) in [5, 5.41) is 2.76. The van der Waals surface area contributed by atoms with Crippen LogP contribution in [0.1, 0.15) is 24.0 Å². The second kappa shape index (κ2) is 10.6. The van der Waals surface area contributed by atoms with Crippen molar-refractivity contribution in [2.75, 3.05) is 16.6 Å². The number of aromatic nitrogens is 1. The highest BCUT2D eigenvalue weighted by Crippen LogP contribution is 2.22. The number of pyridine rings is 1. The van der Waals surface area contributed by atoms with Crippen LogP contribution in [0.5, 0.6) is 0 Å². The van der Waals surface area contributed by atoms with Gasteiger partial charge in [-0.2, -0.15) is 0 Å². The zero-order valence-corrected chi connectivity index (χ0v) is 20.0. The van der Waals surface area contributed by atoms with Crippen LogP contribution < -0.4 is 10.0 Å². The van der Waals surface area contributed by atoms with Gasteiger partial charge >= 0.3 is 6.09 Å². The number of hydrogen-bond acceptors (Lipinski definition) is 6. The molecule has 1 aliphatic rings. The third-order valence-corrected chi connectivity index (χ3v) is 6.95. The highest BCUT2D eigenvalue weighted by molar-refractivity contribution is 7.92. The summed E-state index contributed by atoms with van der Waals surface area (Å²) < 4.78 is 33.1. The van der Waals surface area contributed by atoms with Gasteiger partial charge in [-0.25, -0.2) is 18.2 Å². The van der Waals surface area contributed by atoms with E-state index in [-0.39, 0.29) is 23.2 Å². The molecule has 182 valence electrons. The van der Waals surface area contributed by atoms with Gasteiger partial charge in [-0.05, 0) is 67.3 Å². The molecule has 0 spiro atoms. The monoisotopic (exact) mass is 494 g/mol. The van der Waals surface area contributed by atoms with E-state index in [1.807, 2.05) is 37.3 Å². The summed E-state index contributed by atoms with van der Waals surface area (Å²) in [5.74, 6) is -0.125. The van der Waals surface area contributed by atoms with Crippen molar-refractivity contribution in [3.63, 3.8) is 0 Å². The highest BCUT2D eigenvalue weighted by atomic mass is 32.2. The summed E-state index contributed by atoms with van der Waals surface area (Å²) in [5.41, 5.74) is 2.16. The van der Waals surface area contributed by atoms with Crippen molar-refractivity contribution in [1.29, 1.82) is 0 Å². The zero-order valence-electron chi connectivity index (χ0n) is 19.2. The second-order valence-electron chi connectivity index (χ2n) is 8.23. The van der Waals surface area contributed by atoms with Gasteiger partial charge in [0.15, 0.2) is 0 Å². The van der Waals surface area contributed by atoms with Crippen LogP contribution in [0.2, 0.25) is 0 Å². The number of carbonyl (C=O) groups excluding carboxylic acids is 2. The number of sulfonamides is 1. The largest absolute Gasteiger partial charge is 0.445 e. The average molecular weight is 495 g/mol. The summed E-state index contributed by atoms with van der Waals surface area (Å²) in [6, 6.07) is 17.9. The average Bonchev–Trinajstić information content (AvgIpc) is 3.34. The Morgan fingerprint density at radius 1 is 1.09 bits per heavy atom. The molecular formula is C25H26N4O5S. The van der Waals surface area contributed by atoms with E-state index in [4.69, 9.17) is 4.74 Å². The Morgan fingerprint density at radius 3 is 2.54 bits per heavy atom. The van der Waals surface area contributed by atoms with Crippen LogP contribution in [0, 0.1) is 6.92 Å². The first kappa shape index (κ1) is 24.2. The number of likely N-dealkylation sites (tertiary alicyclic amines) is 1. The molecule has 2 heterocycles. The number of ether oxygens (including phenoxy) is 1. The first-order valence-electron chi connectivity index (χ1n) is 11.2. The lowest BCUT2D eigenvalue weighted by Crippen LogP contribution is -2.43. The molecule has 1 fully saturated rings. The summed E-state index contributed by atoms with van der Waals surface area (Å²) in [6.07, 6.45) is 2.19. The maximum absolute atomic E-state index is 12.9. The Kier molecular flexibility index (Phi) is 7.31. The first-order chi connectivity index (χ1) is 16.8. The summed E-state index contributed by atoms with van der Waals surface area (Å²) >= 11 is 0. The number of carbonyl (C=O) groups is 2. The van der Waals surface area contributed by atoms with Crippen LogP contribution in [0.3, 0.4) is 0 Å². The van der Waals surface area contributed by atoms with Gasteiger partial charge in [0.1, 0.15) is 18.5 Å². The minimum atomic E-state index is -3.83. The van der Waals surface area contributed by atoms with Crippen molar-refractivity contribution in [1.82, 2.24) is 9.88 Å². The van der Waals surface area contributed by atoms with Crippen LogP contribution >= 0.6 is 0 Å². The van der Waals surface area contributed by atoms with Crippen molar-refractivity contribution in [3.8, 4) is 0 Å². The molecule has 9 nitrogen and oxygen atoms in total. The number of rotatable bonds is 7. The van der Waals surface area contributed by atoms with E-state index < -0.39 is 22.2 Å². The minimum Gasteiger partial charge on any atom is -0.445 e. The van der Waals surface area contributed by atoms with Gasteiger partial charge in [-0.15, -0.1) is 0 Å². The molecule has 0 aliphatic carbocycles. The molecule has 3 aromatic rings. The highest BCUT2D eigenvalue weighted by Gasteiger charge is 2.35. The van der Waals surface area contributed by atoms with Crippen LogP contribution in [0.4, 0.5) is 16.3 Å². The number of amides is 2. The fourth-order valence-electron chi connectivity index (χ4n) is 3.79. The molecule has 0 saturated carbocycles. The topological polar surface area (TPSA) is 118 Å². The Bertz CT molecular complexity index is 1300. The van der Waals surface area contributed by atoms with E-state index in [1.165, 1.54) is 35.4 Å². The van der Waals surface area contributed by atoms with Crippen LogP contribution in [0.25, 0.3) is 0 Å². The summed E-state index contributed by atoms with van der Waals surface area (Å²) in [7, 11) is -3.83. The maximum Gasteiger partial charge on any atom is 0.410 e. The number of benzene rings is 2. The molecule has 1 aromatic heterocycles. The van der Waals surface area contributed by atoms with Crippen molar-refractivity contribution in [3.05, 3.63) is 84.1 Å². The Hall–Kier alpha value is -3.92. The molecule has 1 saturated heterocycles. The summed E-state index contributed by atoms with van der Waals surface area (Å²) in [4.78, 5) is 30.9. The van der Waals surface area contributed by atoms with E-state index >= 15 is 0 Å². The SMILES string of the molecule is Cc1ccnc(NS(=O)(=O)c2ccc(NC(=O)C3CCCN3C(=O)OCc3ccccc3)cc2)c1. The van der Waals surface area contributed by atoms with E-state index in [1.54, 1.807) is 12.1 Å². The molecule has 10 heteroatoms. The number of aryl methyl sites for hydroxylation is 1. The normalized spacial score (nSPS) is 15.5. The lowest BCUT2D eigenvalue weighted by molar-refractivity contribution is -0.120. The van der Waals surface area contributed by atoms with Crippen LogP contribution in [0.15, 0.2) is 77.8 Å². The van der Waals surface area contributed by atoms with E-state index in [2.05, 4.69) is 15.0 Å². The quantitative estimate of drug-likeness (QED) is 0.514. The number of nitrogens with zero attached hydrogens (tertiary/aromatic N) is 2. The summed E-state index contributed by atoms with van der Waals surface area (Å²) in [6.45, 7) is 2.40. The van der Waals surface area contributed by atoms with Gasteiger partial charge < -0.3 is 10.1 Å². The molecule has 2 N–H and O–H groups in total. The second-order valence-corrected chi connectivity index (χ2v) is 9.91. The van der Waals surface area contributed by atoms with Crippen molar-refractivity contribution >= 4 is 33.5 Å². The molecule has 1 unspecified atom stereocenters. The molecule has 35 heavy (non-hydrogen) atoms. The number of hydrogen-bond donors (Lipinski definition) is 2. The number of nitrogens with one attached hydrogen (secondary N) is 2. The standard InChI is InChI=1S/C25H26N4O5S/c1-18-13-14-26-23(16-18)28-35(32,33)21-11-9-20(10-12-21)27-24(30)22-8-5-15-29(22)25(31)34-17-19-6-3-2-4-7-19/h2-4,6-7,9-14,16,22H,5,8,15,17H2,1H3,(H,26,28)(H,27,30). The molecule has 1 atom stereocenters. The van der Waals surface area contributed by atoms with Crippen molar-refractivity contribution in [2.45, 2.75) is 37.3 Å². The Labute approximate surface area is 204 Å².